The van der Waals surface area contributed by atoms with Crippen molar-refractivity contribution in [2.45, 2.75) is 5.16 Å². The summed E-state index contributed by atoms with van der Waals surface area (Å²) in [7, 11) is 1.61. The van der Waals surface area contributed by atoms with Crippen LogP contribution in [0.1, 0.15) is 0 Å². The van der Waals surface area contributed by atoms with Crippen molar-refractivity contribution in [2.75, 3.05) is 5.75 Å². The minimum atomic E-state index is -0.955. The average molecular weight is 302 g/mol. The molecular formula is C11H9ClFN3O2S. The van der Waals surface area contributed by atoms with Crippen LogP contribution in [-0.2, 0) is 11.8 Å². The predicted molar refractivity (Wildman–Crippen MR) is 69.8 cm³/mol. The summed E-state index contributed by atoms with van der Waals surface area (Å²) < 4.78 is 15.2. The Labute approximate surface area is 117 Å². The molecule has 0 aliphatic rings. The quantitative estimate of drug-likeness (QED) is 0.879. The molecule has 1 aromatic heterocycles. The van der Waals surface area contributed by atoms with Crippen LogP contribution in [0.4, 0.5) is 4.39 Å². The molecule has 0 atom stereocenters. The highest BCUT2D eigenvalue weighted by molar-refractivity contribution is 7.99. The van der Waals surface area contributed by atoms with Crippen LogP contribution < -0.4 is 0 Å². The Morgan fingerprint density at radius 1 is 1.58 bits per heavy atom. The van der Waals surface area contributed by atoms with Crippen LogP contribution in [0.5, 0.6) is 0 Å². The molecule has 2 aromatic rings. The molecule has 0 radical (unpaired) electrons. The lowest BCUT2D eigenvalue weighted by Crippen LogP contribution is -2.00. The fourth-order valence-corrected chi connectivity index (χ4v) is 2.22. The lowest BCUT2D eigenvalue weighted by atomic mass is 10.2. The zero-order valence-corrected chi connectivity index (χ0v) is 11.4. The zero-order valence-electron chi connectivity index (χ0n) is 9.80. The molecular weight excluding hydrogens is 293 g/mol. The second-order valence-corrected chi connectivity index (χ2v) is 4.98. The van der Waals surface area contributed by atoms with Gasteiger partial charge in [-0.1, -0.05) is 29.4 Å². The first-order valence-electron chi connectivity index (χ1n) is 5.19. The Kier molecular flexibility index (Phi) is 4.06. The highest BCUT2D eigenvalue weighted by atomic mass is 35.5. The maximum Gasteiger partial charge on any atom is 0.313 e. The summed E-state index contributed by atoms with van der Waals surface area (Å²) in [5, 5.41) is 13.1. The molecule has 1 aromatic carbocycles. The Bertz CT molecular complexity index is 632. The van der Waals surface area contributed by atoms with Gasteiger partial charge in [-0.3, -0.25) is 4.79 Å². The van der Waals surface area contributed by atoms with Gasteiger partial charge in [0, 0.05) is 7.05 Å². The van der Waals surface area contributed by atoms with E-state index in [0.717, 1.165) is 11.8 Å². The molecule has 2 rings (SSSR count). The summed E-state index contributed by atoms with van der Waals surface area (Å²) in [5.41, 5.74) is 0.185. The van der Waals surface area contributed by atoms with E-state index in [-0.39, 0.29) is 22.2 Å². The predicted octanol–water partition coefficient (Wildman–Crippen LogP) is 2.45. The van der Waals surface area contributed by atoms with Gasteiger partial charge in [-0.05, 0) is 12.1 Å². The Morgan fingerprint density at radius 2 is 2.32 bits per heavy atom. The van der Waals surface area contributed by atoms with Crippen LogP contribution >= 0.6 is 23.4 Å². The van der Waals surface area contributed by atoms with Crippen molar-refractivity contribution >= 4 is 29.3 Å². The molecule has 0 aliphatic heterocycles. The third-order valence-electron chi connectivity index (χ3n) is 2.24. The van der Waals surface area contributed by atoms with Crippen molar-refractivity contribution in [1.82, 2.24) is 14.8 Å². The molecule has 0 spiro atoms. The van der Waals surface area contributed by atoms with Gasteiger partial charge >= 0.3 is 5.97 Å². The number of aryl methyl sites for hydroxylation is 1. The second-order valence-electron chi connectivity index (χ2n) is 3.63. The summed E-state index contributed by atoms with van der Waals surface area (Å²) in [4.78, 5) is 14.6. The van der Waals surface area contributed by atoms with Crippen molar-refractivity contribution in [1.29, 1.82) is 0 Å². The highest BCUT2D eigenvalue weighted by Crippen LogP contribution is 2.27. The first-order chi connectivity index (χ1) is 8.99. The lowest BCUT2D eigenvalue weighted by molar-refractivity contribution is -0.133. The van der Waals surface area contributed by atoms with Gasteiger partial charge in [-0.25, -0.2) is 14.1 Å². The van der Waals surface area contributed by atoms with Crippen molar-refractivity contribution in [3.05, 3.63) is 29.0 Å². The van der Waals surface area contributed by atoms with E-state index in [2.05, 4.69) is 10.1 Å². The van der Waals surface area contributed by atoms with E-state index in [4.69, 9.17) is 16.7 Å². The topological polar surface area (TPSA) is 68.0 Å². The van der Waals surface area contributed by atoms with Gasteiger partial charge in [0.05, 0.1) is 16.3 Å². The third-order valence-corrected chi connectivity index (χ3v) is 3.54. The number of halogens is 2. The lowest BCUT2D eigenvalue weighted by Gasteiger charge is -1.98. The molecule has 8 heteroatoms. The molecule has 19 heavy (non-hydrogen) atoms. The second kappa shape index (κ2) is 5.58. The van der Waals surface area contributed by atoms with Crippen molar-refractivity contribution in [3.8, 4) is 11.4 Å². The largest absolute Gasteiger partial charge is 0.481 e. The number of hydrogen-bond donors (Lipinski definition) is 1. The van der Waals surface area contributed by atoms with Crippen LogP contribution in [0.15, 0.2) is 23.4 Å². The molecule has 0 saturated carbocycles. The Balaban J connectivity index is 2.34. The molecule has 0 aliphatic carbocycles. The van der Waals surface area contributed by atoms with E-state index < -0.39 is 11.8 Å². The molecule has 5 nitrogen and oxygen atoms in total. The van der Waals surface area contributed by atoms with Gasteiger partial charge < -0.3 is 5.11 Å². The number of carboxylic acid groups (broad SMARTS) is 1. The van der Waals surface area contributed by atoms with E-state index in [1.54, 1.807) is 13.1 Å². The van der Waals surface area contributed by atoms with Gasteiger partial charge in [-0.15, -0.1) is 0 Å². The number of aromatic nitrogens is 3. The van der Waals surface area contributed by atoms with E-state index in [9.17, 15) is 9.18 Å². The maximum absolute atomic E-state index is 13.8. The molecule has 0 fully saturated rings. The zero-order chi connectivity index (χ0) is 14.0. The van der Waals surface area contributed by atoms with Gasteiger partial charge in [0.25, 0.3) is 0 Å². The van der Waals surface area contributed by atoms with Gasteiger partial charge in [0.2, 0.25) is 0 Å². The van der Waals surface area contributed by atoms with E-state index in [0.29, 0.717) is 5.16 Å². The SMILES string of the molecule is Cn1nc(-c2cccc(Cl)c2F)nc1SCC(=O)O. The van der Waals surface area contributed by atoms with Gasteiger partial charge in [0.1, 0.15) is 0 Å². The summed E-state index contributed by atoms with van der Waals surface area (Å²) in [6.07, 6.45) is 0. The first kappa shape index (κ1) is 13.8. The van der Waals surface area contributed by atoms with Crippen LogP contribution in [0, 0.1) is 5.82 Å². The number of rotatable bonds is 4. The number of benzene rings is 1. The van der Waals surface area contributed by atoms with Crippen molar-refractivity contribution in [2.24, 2.45) is 7.05 Å². The van der Waals surface area contributed by atoms with Gasteiger partial charge in [0.15, 0.2) is 16.8 Å². The molecule has 0 amide bonds. The normalized spacial score (nSPS) is 10.7. The fraction of sp³-hybridized carbons (Fsp3) is 0.182. The third kappa shape index (κ3) is 3.05. The fourth-order valence-electron chi connectivity index (χ4n) is 1.41. The molecule has 0 bridgehead atoms. The average Bonchev–Trinajstić information content (AvgIpc) is 2.71. The Hall–Kier alpha value is -1.60. The summed E-state index contributed by atoms with van der Waals surface area (Å²) in [5.74, 6) is -1.51. The minimum Gasteiger partial charge on any atom is -0.481 e. The van der Waals surface area contributed by atoms with E-state index in [1.165, 1.54) is 16.8 Å². The molecule has 100 valence electrons. The number of nitrogens with zero attached hydrogens (tertiary/aromatic N) is 3. The highest BCUT2D eigenvalue weighted by Gasteiger charge is 2.15. The van der Waals surface area contributed by atoms with Crippen molar-refractivity contribution < 1.29 is 14.3 Å². The van der Waals surface area contributed by atoms with Crippen LogP contribution in [-0.4, -0.2) is 31.6 Å². The number of thioether (sulfide) groups is 1. The van der Waals surface area contributed by atoms with E-state index in [1.807, 2.05) is 0 Å². The maximum atomic E-state index is 13.8. The summed E-state index contributed by atoms with van der Waals surface area (Å²) in [6.45, 7) is 0. The van der Waals surface area contributed by atoms with Gasteiger partial charge in [-0.2, -0.15) is 5.10 Å². The standard InChI is InChI=1S/C11H9ClFN3O2S/c1-16-11(19-5-8(17)18)14-10(15-16)6-3-2-4-7(12)9(6)13/h2-4H,5H2,1H3,(H,17,18). The van der Waals surface area contributed by atoms with Crippen LogP contribution in [0.2, 0.25) is 5.02 Å². The molecule has 1 heterocycles. The summed E-state index contributed by atoms with van der Waals surface area (Å²) >= 11 is 6.71. The number of carbonyl (C=O) groups is 1. The van der Waals surface area contributed by atoms with Crippen molar-refractivity contribution in [3.63, 3.8) is 0 Å². The van der Waals surface area contributed by atoms with Crippen LogP contribution in [0.3, 0.4) is 0 Å². The Morgan fingerprint density at radius 3 is 3.00 bits per heavy atom. The van der Waals surface area contributed by atoms with Crippen LogP contribution in [0.25, 0.3) is 11.4 Å². The number of hydrogen-bond acceptors (Lipinski definition) is 4. The molecule has 1 N–H and O–H groups in total. The summed E-state index contributed by atoms with van der Waals surface area (Å²) in [6, 6.07) is 4.55. The first-order valence-corrected chi connectivity index (χ1v) is 6.55. The monoisotopic (exact) mass is 301 g/mol. The molecule has 0 saturated heterocycles. The number of aliphatic carboxylic acids is 1. The minimum absolute atomic E-state index is 0.00954. The number of carboxylic acids is 1. The molecule has 0 unspecified atom stereocenters. The van der Waals surface area contributed by atoms with E-state index >= 15 is 0 Å². The smallest absolute Gasteiger partial charge is 0.313 e.